The Labute approximate surface area is 144 Å². The molecule has 1 amide bonds. The molecule has 0 saturated carbocycles. The van der Waals surface area contributed by atoms with Crippen LogP contribution in [0.3, 0.4) is 0 Å². The molecule has 24 heavy (non-hydrogen) atoms. The molecule has 2 aromatic rings. The number of fused-ring (bicyclic) bond motifs is 1. The van der Waals surface area contributed by atoms with E-state index in [2.05, 4.69) is 5.32 Å². The molecule has 0 aliphatic heterocycles. The molecule has 0 aliphatic carbocycles. The first kappa shape index (κ1) is 18.0. The second-order valence-electron chi connectivity index (χ2n) is 5.26. The van der Waals surface area contributed by atoms with E-state index in [-0.39, 0.29) is 5.76 Å². The molecule has 1 unspecified atom stereocenters. The van der Waals surface area contributed by atoms with Crippen LogP contribution >= 0.6 is 11.6 Å². The molecule has 126 valence electrons. The van der Waals surface area contributed by atoms with Crippen molar-refractivity contribution in [2.75, 3.05) is 20.3 Å². The topological polar surface area (TPSA) is 92.3 Å². The summed E-state index contributed by atoms with van der Waals surface area (Å²) in [4.78, 5) is 24.6. The Hall–Kier alpha value is -2.36. The van der Waals surface area contributed by atoms with Crippen LogP contribution < -0.4 is 5.32 Å². The molecular formula is C17H17ClN2O4. The van der Waals surface area contributed by atoms with Crippen molar-refractivity contribution in [3.8, 4) is 6.07 Å². The number of hydrogen-bond donors (Lipinski definition) is 1. The average molecular weight is 349 g/mol. The summed E-state index contributed by atoms with van der Waals surface area (Å²) in [5, 5.41) is 13.0. The number of rotatable bonds is 7. The maximum absolute atomic E-state index is 12.5. The quantitative estimate of drug-likeness (QED) is 0.472. The van der Waals surface area contributed by atoms with Gasteiger partial charge in [0.1, 0.15) is 5.58 Å². The van der Waals surface area contributed by atoms with Crippen LogP contribution in [0.25, 0.3) is 11.0 Å². The van der Waals surface area contributed by atoms with Crippen molar-refractivity contribution in [1.82, 2.24) is 5.32 Å². The highest BCUT2D eigenvalue weighted by molar-refractivity contribution is 6.31. The van der Waals surface area contributed by atoms with Gasteiger partial charge in [0.25, 0.3) is 0 Å². The number of Topliss-reactive ketones (excluding diaryl/α,β-unsaturated/α-hetero) is 1. The minimum atomic E-state index is -1.46. The first-order valence-corrected chi connectivity index (χ1v) is 7.76. The van der Waals surface area contributed by atoms with Crippen molar-refractivity contribution in [2.45, 2.75) is 13.3 Å². The Kier molecular flexibility index (Phi) is 5.96. The smallest absolute Gasteiger partial charge is 0.245 e. The highest BCUT2D eigenvalue weighted by Crippen LogP contribution is 2.29. The van der Waals surface area contributed by atoms with E-state index in [1.165, 1.54) is 0 Å². The van der Waals surface area contributed by atoms with Gasteiger partial charge in [0.2, 0.25) is 11.7 Å². The Morgan fingerprint density at radius 2 is 2.21 bits per heavy atom. The van der Waals surface area contributed by atoms with Gasteiger partial charge >= 0.3 is 0 Å². The molecule has 0 spiro atoms. The summed E-state index contributed by atoms with van der Waals surface area (Å²) in [7, 11) is 1.56. The summed E-state index contributed by atoms with van der Waals surface area (Å²) >= 11 is 5.95. The number of hydrogen-bond acceptors (Lipinski definition) is 5. The molecule has 6 nitrogen and oxygen atoms in total. The summed E-state index contributed by atoms with van der Waals surface area (Å²) in [6, 6.07) is 6.71. The van der Waals surface area contributed by atoms with E-state index in [4.69, 9.17) is 20.8 Å². The standard InChI is InChI=1S/C17H17ClN2O4/c1-10-12-8-11(18)4-5-14(12)24-16(10)15(21)13(9-19)17(22)20-6-3-7-23-2/h4-5,8,13H,3,6-7H2,1-2H3,(H,20,22). The summed E-state index contributed by atoms with van der Waals surface area (Å²) in [5.74, 6) is -2.75. The lowest BCUT2D eigenvalue weighted by molar-refractivity contribution is -0.122. The predicted molar refractivity (Wildman–Crippen MR) is 88.9 cm³/mol. The van der Waals surface area contributed by atoms with Crippen LogP contribution in [0.15, 0.2) is 22.6 Å². The number of nitrogens with zero attached hydrogens (tertiary/aromatic N) is 1. The number of aryl methyl sites for hydroxylation is 1. The van der Waals surface area contributed by atoms with Gasteiger partial charge in [0.05, 0.1) is 6.07 Å². The van der Waals surface area contributed by atoms with E-state index in [1.807, 2.05) is 0 Å². The fourth-order valence-corrected chi connectivity index (χ4v) is 2.50. The summed E-state index contributed by atoms with van der Waals surface area (Å²) < 4.78 is 10.4. The zero-order valence-corrected chi connectivity index (χ0v) is 14.1. The van der Waals surface area contributed by atoms with Gasteiger partial charge in [0, 0.05) is 36.2 Å². The predicted octanol–water partition coefficient (Wildman–Crippen LogP) is 2.87. The number of nitrogens with one attached hydrogen (secondary N) is 1. The second-order valence-corrected chi connectivity index (χ2v) is 5.70. The van der Waals surface area contributed by atoms with E-state index < -0.39 is 17.6 Å². The molecule has 1 atom stereocenters. The molecule has 1 N–H and O–H groups in total. The highest BCUT2D eigenvalue weighted by atomic mass is 35.5. The van der Waals surface area contributed by atoms with Crippen molar-refractivity contribution < 1.29 is 18.7 Å². The van der Waals surface area contributed by atoms with E-state index in [0.29, 0.717) is 41.1 Å². The first-order chi connectivity index (χ1) is 11.5. The maximum Gasteiger partial charge on any atom is 0.245 e. The third-order valence-electron chi connectivity index (χ3n) is 3.60. The van der Waals surface area contributed by atoms with Gasteiger partial charge in [-0.25, -0.2) is 0 Å². The highest BCUT2D eigenvalue weighted by Gasteiger charge is 2.31. The van der Waals surface area contributed by atoms with E-state index in [1.54, 1.807) is 38.3 Å². The molecule has 2 rings (SSSR count). The molecule has 0 bridgehead atoms. The van der Waals surface area contributed by atoms with Gasteiger partial charge < -0.3 is 14.5 Å². The molecule has 7 heteroatoms. The number of carbonyl (C=O) groups is 2. The van der Waals surface area contributed by atoms with Crippen LogP contribution in [0, 0.1) is 24.2 Å². The van der Waals surface area contributed by atoms with Crippen LogP contribution in [-0.2, 0) is 9.53 Å². The lowest BCUT2D eigenvalue weighted by Crippen LogP contribution is -2.35. The zero-order valence-electron chi connectivity index (χ0n) is 13.4. The third kappa shape index (κ3) is 3.75. The van der Waals surface area contributed by atoms with Crippen molar-refractivity contribution >= 4 is 34.3 Å². The number of halogens is 1. The number of ketones is 1. The Morgan fingerprint density at radius 1 is 1.46 bits per heavy atom. The zero-order chi connectivity index (χ0) is 17.7. The maximum atomic E-state index is 12.5. The largest absolute Gasteiger partial charge is 0.453 e. The Balaban J connectivity index is 2.21. The first-order valence-electron chi connectivity index (χ1n) is 7.38. The van der Waals surface area contributed by atoms with Crippen LogP contribution in [0.1, 0.15) is 22.5 Å². The van der Waals surface area contributed by atoms with Crippen molar-refractivity contribution in [3.63, 3.8) is 0 Å². The molecule has 1 aromatic carbocycles. The SMILES string of the molecule is COCCCNC(=O)C(C#N)C(=O)c1oc2ccc(Cl)cc2c1C. The molecule has 1 heterocycles. The number of methoxy groups -OCH3 is 1. The van der Waals surface area contributed by atoms with Gasteiger partial charge in [-0.2, -0.15) is 5.26 Å². The number of amides is 1. The molecule has 0 saturated heterocycles. The van der Waals surface area contributed by atoms with E-state index in [0.717, 1.165) is 0 Å². The van der Waals surface area contributed by atoms with Crippen molar-refractivity contribution in [1.29, 1.82) is 5.26 Å². The van der Waals surface area contributed by atoms with Crippen molar-refractivity contribution in [3.05, 3.63) is 34.5 Å². The number of carbonyl (C=O) groups excluding carboxylic acids is 2. The number of benzene rings is 1. The number of furan rings is 1. The van der Waals surface area contributed by atoms with Crippen LogP contribution in [0.2, 0.25) is 5.02 Å². The van der Waals surface area contributed by atoms with Gasteiger partial charge in [-0.05, 0) is 31.5 Å². The van der Waals surface area contributed by atoms with Gasteiger partial charge in [0.15, 0.2) is 11.7 Å². The fourth-order valence-electron chi connectivity index (χ4n) is 2.33. The molecule has 0 radical (unpaired) electrons. The third-order valence-corrected chi connectivity index (χ3v) is 3.84. The molecule has 1 aromatic heterocycles. The van der Waals surface area contributed by atoms with E-state index in [9.17, 15) is 14.9 Å². The number of ether oxygens (including phenoxy) is 1. The van der Waals surface area contributed by atoms with Crippen LogP contribution in [0.4, 0.5) is 0 Å². The Morgan fingerprint density at radius 3 is 2.88 bits per heavy atom. The van der Waals surface area contributed by atoms with Crippen LogP contribution in [-0.4, -0.2) is 32.0 Å². The minimum Gasteiger partial charge on any atom is -0.453 e. The summed E-state index contributed by atoms with van der Waals surface area (Å²) in [6.45, 7) is 2.50. The van der Waals surface area contributed by atoms with Gasteiger partial charge in [-0.15, -0.1) is 0 Å². The minimum absolute atomic E-state index is 0.00542. The van der Waals surface area contributed by atoms with Gasteiger partial charge in [-0.3, -0.25) is 9.59 Å². The normalized spacial score (nSPS) is 11.9. The van der Waals surface area contributed by atoms with Crippen molar-refractivity contribution in [2.24, 2.45) is 5.92 Å². The molecule has 0 fully saturated rings. The van der Waals surface area contributed by atoms with E-state index >= 15 is 0 Å². The monoisotopic (exact) mass is 348 g/mol. The lowest BCUT2D eigenvalue weighted by atomic mass is 10.00. The average Bonchev–Trinajstić information content (AvgIpc) is 2.89. The summed E-state index contributed by atoms with van der Waals surface area (Å²) in [6.07, 6.45) is 0.594. The molecular weight excluding hydrogens is 332 g/mol. The number of nitriles is 1. The van der Waals surface area contributed by atoms with Gasteiger partial charge in [-0.1, -0.05) is 11.6 Å². The Bertz CT molecular complexity index is 807. The molecule has 0 aliphatic rings. The summed E-state index contributed by atoms with van der Waals surface area (Å²) in [5.41, 5.74) is 1.04. The lowest BCUT2D eigenvalue weighted by Gasteiger charge is -2.08. The fraction of sp³-hybridized carbons (Fsp3) is 0.353. The van der Waals surface area contributed by atoms with Crippen LogP contribution in [0.5, 0.6) is 0 Å². The second kappa shape index (κ2) is 7.95.